The van der Waals surface area contributed by atoms with Crippen LogP contribution in [0.3, 0.4) is 0 Å². The van der Waals surface area contributed by atoms with Crippen LogP contribution in [0.1, 0.15) is 18.6 Å². The molecular weight excluding hydrogens is 204 g/mol. The van der Waals surface area contributed by atoms with Crippen LogP contribution in [0.5, 0.6) is 5.75 Å². The largest absolute Gasteiger partial charge is 0.491 e. The molecule has 0 aliphatic carbocycles. The van der Waals surface area contributed by atoms with Crippen LogP contribution in [-0.4, -0.2) is 18.3 Å². The Bertz CT molecular complexity index is 332. The van der Waals surface area contributed by atoms with E-state index < -0.39 is 29.5 Å². The summed E-state index contributed by atoms with van der Waals surface area (Å²) in [5.74, 6) is -2.17. The van der Waals surface area contributed by atoms with E-state index in [0.29, 0.717) is 0 Å². The van der Waals surface area contributed by atoms with E-state index in [-0.39, 0.29) is 5.56 Å². The van der Waals surface area contributed by atoms with Gasteiger partial charge in [-0.2, -0.15) is 0 Å². The maximum absolute atomic E-state index is 13.2. The minimum absolute atomic E-state index is 0.0980. The second-order valence-corrected chi connectivity index (χ2v) is 3.32. The molecule has 0 heterocycles. The molecule has 3 nitrogen and oxygen atoms in total. The highest BCUT2D eigenvalue weighted by atomic mass is 19.1. The molecule has 0 amide bonds. The van der Waals surface area contributed by atoms with Gasteiger partial charge >= 0.3 is 0 Å². The topological polar surface area (TPSA) is 55.5 Å². The third kappa shape index (κ3) is 2.43. The fraction of sp³-hybridized carbons (Fsp3) is 0.400. The number of benzene rings is 1. The summed E-state index contributed by atoms with van der Waals surface area (Å²) in [5, 5.41) is 9.51. The van der Waals surface area contributed by atoms with Crippen molar-refractivity contribution in [3.05, 3.63) is 29.3 Å². The van der Waals surface area contributed by atoms with Gasteiger partial charge in [0.1, 0.15) is 0 Å². The average Bonchev–Trinajstić information content (AvgIpc) is 2.15. The van der Waals surface area contributed by atoms with Crippen LogP contribution in [0, 0.1) is 11.6 Å². The molecular formula is C10H13F2NO2. The summed E-state index contributed by atoms with van der Waals surface area (Å²) >= 11 is 0. The first-order valence-electron chi connectivity index (χ1n) is 4.44. The van der Waals surface area contributed by atoms with Crippen molar-refractivity contribution in [2.24, 2.45) is 5.73 Å². The molecule has 0 aromatic heterocycles. The lowest BCUT2D eigenvalue weighted by Gasteiger charge is -2.15. The van der Waals surface area contributed by atoms with E-state index in [2.05, 4.69) is 4.74 Å². The number of halogens is 2. The zero-order chi connectivity index (χ0) is 11.6. The predicted octanol–water partition coefficient (Wildman–Crippen LogP) is 1.35. The fourth-order valence-electron chi connectivity index (χ4n) is 1.25. The van der Waals surface area contributed by atoms with E-state index in [1.54, 1.807) is 6.92 Å². The Balaban J connectivity index is 3.14. The molecule has 0 fully saturated rings. The summed E-state index contributed by atoms with van der Waals surface area (Å²) < 4.78 is 30.9. The number of nitrogens with two attached hydrogens (primary N) is 1. The van der Waals surface area contributed by atoms with Crippen LogP contribution >= 0.6 is 0 Å². The molecule has 0 unspecified atom stereocenters. The number of ether oxygens (including phenoxy) is 1. The van der Waals surface area contributed by atoms with Gasteiger partial charge in [0.25, 0.3) is 0 Å². The zero-order valence-electron chi connectivity index (χ0n) is 8.50. The normalized spacial score (nSPS) is 14.8. The van der Waals surface area contributed by atoms with Crippen molar-refractivity contribution in [3.63, 3.8) is 0 Å². The monoisotopic (exact) mass is 217 g/mol. The Hall–Kier alpha value is -1.20. The van der Waals surface area contributed by atoms with Crippen molar-refractivity contribution in [2.75, 3.05) is 7.11 Å². The number of hydrogen-bond donors (Lipinski definition) is 2. The van der Waals surface area contributed by atoms with E-state index in [9.17, 15) is 13.9 Å². The number of hydrogen-bond acceptors (Lipinski definition) is 3. The van der Waals surface area contributed by atoms with Crippen LogP contribution in [0.15, 0.2) is 12.1 Å². The van der Waals surface area contributed by atoms with Gasteiger partial charge < -0.3 is 15.6 Å². The molecule has 1 rings (SSSR count). The van der Waals surface area contributed by atoms with Crippen molar-refractivity contribution >= 4 is 0 Å². The minimum atomic E-state index is -1.10. The molecule has 0 aliphatic heterocycles. The SMILES string of the molecule is COc1c(F)cc([C@H](O)[C@@H](C)N)cc1F. The van der Waals surface area contributed by atoms with Crippen molar-refractivity contribution in [3.8, 4) is 5.75 Å². The molecule has 84 valence electrons. The number of methoxy groups -OCH3 is 1. The maximum atomic E-state index is 13.2. The van der Waals surface area contributed by atoms with Crippen LogP contribution in [-0.2, 0) is 0 Å². The first-order chi connectivity index (χ1) is 6.97. The second-order valence-electron chi connectivity index (χ2n) is 3.32. The van der Waals surface area contributed by atoms with Gasteiger partial charge in [0.15, 0.2) is 17.4 Å². The highest BCUT2D eigenvalue weighted by Crippen LogP contribution is 2.26. The Morgan fingerprint density at radius 1 is 1.33 bits per heavy atom. The second kappa shape index (κ2) is 4.55. The Morgan fingerprint density at radius 2 is 1.80 bits per heavy atom. The lowest BCUT2D eigenvalue weighted by atomic mass is 10.0. The molecule has 0 spiro atoms. The van der Waals surface area contributed by atoms with Crippen LogP contribution in [0.2, 0.25) is 0 Å². The van der Waals surface area contributed by atoms with Crippen LogP contribution < -0.4 is 10.5 Å². The highest BCUT2D eigenvalue weighted by molar-refractivity contribution is 5.32. The van der Waals surface area contributed by atoms with Crippen molar-refractivity contribution < 1.29 is 18.6 Å². The molecule has 1 aromatic carbocycles. The summed E-state index contributed by atoms with van der Waals surface area (Å²) in [4.78, 5) is 0. The molecule has 0 saturated carbocycles. The van der Waals surface area contributed by atoms with E-state index >= 15 is 0 Å². The average molecular weight is 217 g/mol. The lowest BCUT2D eigenvalue weighted by molar-refractivity contribution is 0.152. The van der Waals surface area contributed by atoms with Gasteiger partial charge in [0, 0.05) is 6.04 Å². The first kappa shape index (κ1) is 11.9. The number of aliphatic hydroxyl groups is 1. The highest BCUT2D eigenvalue weighted by Gasteiger charge is 2.18. The number of aliphatic hydroxyl groups excluding tert-OH is 1. The molecule has 15 heavy (non-hydrogen) atoms. The Kier molecular flexibility index (Phi) is 3.60. The maximum Gasteiger partial charge on any atom is 0.190 e. The van der Waals surface area contributed by atoms with Gasteiger partial charge in [-0.25, -0.2) is 8.78 Å². The third-order valence-electron chi connectivity index (χ3n) is 2.06. The van der Waals surface area contributed by atoms with Gasteiger partial charge in [-0.15, -0.1) is 0 Å². The molecule has 1 aromatic rings. The summed E-state index contributed by atoms with van der Waals surface area (Å²) in [6.07, 6.45) is -1.10. The van der Waals surface area contributed by atoms with Crippen molar-refractivity contribution in [2.45, 2.75) is 19.1 Å². The molecule has 0 saturated heterocycles. The van der Waals surface area contributed by atoms with E-state index in [1.807, 2.05) is 0 Å². The van der Waals surface area contributed by atoms with Crippen molar-refractivity contribution in [1.82, 2.24) is 0 Å². The molecule has 0 bridgehead atoms. The summed E-state index contributed by atoms with van der Waals surface area (Å²) in [6, 6.07) is 1.42. The number of rotatable bonds is 3. The zero-order valence-corrected chi connectivity index (χ0v) is 8.50. The quantitative estimate of drug-likeness (QED) is 0.803. The van der Waals surface area contributed by atoms with Gasteiger partial charge in [-0.05, 0) is 24.6 Å². The molecule has 5 heteroatoms. The molecule has 2 atom stereocenters. The van der Waals surface area contributed by atoms with Crippen molar-refractivity contribution in [1.29, 1.82) is 0 Å². The lowest BCUT2D eigenvalue weighted by Crippen LogP contribution is -2.24. The molecule has 0 aliphatic rings. The molecule has 3 N–H and O–H groups in total. The first-order valence-corrected chi connectivity index (χ1v) is 4.44. The fourth-order valence-corrected chi connectivity index (χ4v) is 1.25. The van der Waals surface area contributed by atoms with Crippen LogP contribution in [0.4, 0.5) is 8.78 Å². The predicted molar refractivity (Wildman–Crippen MR) is 51.5 cm³/mol. The summed E-state index contributed by atoms with van der Waals surface area (Å²) in [7, 11) is 1.17. The van der Waals surface area contributed by atoms with E-state index in [4.69, 9.17) is 5.73 Å². The standard InChI is InChI=1S/C10H13F2NO2/c1-5(13)9(14)6-3-7(11)10(15-2)8(12)4-6/h3-5,9,14H,13H2,1-2H3/t5-,9-/m1/s1. The Morgan fingerprint density at radius 3 is 2.13 bits per heavy atom. The van der Waals surface area contributed by atoms with Gasteiger partial charge in [0.05, 0.1) is 13.2 Å². The smallest absolute Gasteiger partial charge is 0.190 e. The Labute approximate surface area is 86.5 Å². The van der Waals surface area contributed by atoms with Gasteiger partial charge in [-0.3, -0.25) is 0 Å². The third-order valence-corrected chi connectivity index (χ3v) is 2.06. The van der Waals surface area contributed by atoms with E-state index in [0.717, 1.165) is 12.1 Å². The van der Waals surface area contributed by atoms with E-state index in [1.165, 1.54) is 7.11 Å². The summed E-state index contributed by atoms with van der Waals surface area (Å²) in [5.41, 5.74) is 5.51. The van der Waals surface area contributed by atoms with Gasteiger partial charge in [-0.1, -0.05) is 0 Å². The molecule has 0 radical (unpaired) electrons. The minimum Gasteiger partial charge on any atom is -0.491 e. The van der Waals surface area contributed by atoms with Crippen LogP contribution in [0.25, 0.3) is 0 Å². The van der Waals surface area contributed by atoms with Gasteiger partial charge in [0.2, 0.25) is 0 Å². The summed E-state index contributed by atoms with van der Waals surface area (Å²) in [6.45, 7) is 1.55.